The Morgan fingerprint density at radius 3 is 2.43 bits per heavy atom. The number of hydrogen-bond acceptors (Lipinski definition) is 3. The van der Waals surface area contributed by atoms with Crippen molar-refractivity contribution in [1.82, 2.24) is 0 Å². The molecule has 0 radical (unpaired) electrons. The first-order valence-electron chi connectivity index (χ1n) is 4.25. The van der Waals surface area contributed by atoms with Gasteiger partial charge in [-0.2, -0.15) is 0 Å². The summed E-state index contributed by atoms with van der Waals surface area (Å²) in [6.07, 6.45) is 0. The van der Waals surface area contributed by atoms with E-state index < -0.39 is 0 Å². The second kappa shape index (κ2) is 4.53. The van der Waals surface area contributed by atoms with E-state index in [0.717, 1.165) is 11.1 Å². The molecule has 1 rings (SSSR count). The quantitative estimate of drug-likeness (QED) is 0.840. The zero-order chi connectivity index (χ0) is 10.7. The fraction of sp³-hybridized carbons (Fsp3) is 0.400. The molecule has 0 aliphatic rings. The predicted molar refractivity (Wildman–Crippen MR) is 57.2 cm³/mol. The van der Waals surface area contributed by atoms with Gasteiger partial charge in [0.05, 0.1) is 19.2 Å². The highest BCUT2D eigenvalue weighted by atomic mass is 35.5. The number of methoxy groups -OCH3 is 2. The van der Waals surface area contributed by atoms with Crippen LogP contribution < -0.4 is 15.2 Å². The van der Waals surface area contributed by atoms with Crippen molar-refractivity contribution < 1.29 is 9.47 Å². The van der Waals surface area contributed by atoms with Crippen LogP contribution in [0.5, 0.6) is 11.5 Å². The normalized spacial score (nSPS) is 10.1. The molecular formula is C10H14ClNO2. The maximum atomic E-state index is 6.09. The number of rotatable bonds is 3. The summed E-state index contributed by atoms with van der Waals surface area (Å²) < 4.78 is 10.4. The van der Waals surface area contributed by atoms with Crippen molar-refractivity contribution in [2.45, 2.75) is 13.5 Å². The van der Waals surface area contributed by atoms with Gasteiger partial charge in [0.15, 0.2) is 11.5 Å². The van der Waals surface area contributed by atoms with Crippen molar-refractivity contribution >= 4 is 11.6 Å². The number of hydrogen-bond donors (Lipinski definition) is 1. The Labute approximate surface area is 88.8 Å². The Morgan fingerprint density at radius 2 is 2.00 bits per heavy atom. The van der Waals surface area contributed by atoms with Crippen LogP contribution in [0, 0.1) is 6.92 Å². The highest BCUT2D eigenvalue weighted by molar-refractivity contribution is 6.32. The summed E-state index contributed by atoms with van der Waals surface area (Å²) in [5, 5.41) is 0.644. The second-order valence-electron chi connectivity index (χ2n) is 2.93. The molecule has 78 valence electrons. The summed E-state index contributed by atoms with van der Waals surface area (Å²) in [4.78, 5) is 0. The predicted octanol–water partition coefficient (Wildman–Crippen LogP) is 2.12. The van der Waals surface area contributed by atoms with Crippen molar-refractivity contribution in [2.75, 3.05) is 14.2 Å². The van der Waals surface area contributed by atoms with Gasteiger partial charge in [-0.25, -0.2) is 0 Å². The zero-order valence-electron chi connectivity index (χ0n) is 8.56. The third kappa shape index (κ3) is 1.79. The first-order valence-corrected chi connectivity index (χ1v) is 4.63. The van der Waals surface area contributed by atoms with E-state index in [-0.39, 0.29) is 0 Å². The maximum absolute atomic E-state index is 6.09. The number of aryl methyl sites for hydroxylation is 1. The third-order valence-corrected chi connectivity index (χ3v) is 2.61. The van der Waals surface area contributed by atoms with Crippen LogP contribution in [0.2, 0.25) is 5.02 Å². The molecule has 4 heteroatoms. The molecule has 0 heterocycles. The Morgan fingerprint density at radius 1 is 1.36 bits per heavy atom. The lowest BCUT2D eigenvalue weighted by Crippen LogP contribution is -2.03. The molecule has 0 fully saturated rings. The van der Waals surface area contributed by atoms with Crippen LogP contribution in [-0.4, -0.2) is 14.2 Å². The third-order valence-electron chi connectivity index (χ3n) is 2.08. The fourth-order valence-corrected chi connectivity index (χ4v) is 1.59. The monoisotopic (exact) mass is 215 g/mol. The Bertz CT molecular complexity index is 339. The summed E-state index contributed by atoms with van der Waals surface area (Å²) >= 11 is 6.09. The van der Waals surface area contributed by atoms with Crippen LogP contribution >= 0.6 is 11.6 Å². The van der Waals surface area contributed by atoms with Crippen LogP contribution in [-0.2, 0) is 6.54 Å². The highest BCUT2D eigenvalue weighted by Gasteiger charge is 2.14. The summed E-state index contributed by atoms with van der Waals surface area (Å²) in [6, 6.07) is 1.83. The van der Waals surface area contributed by atoms with Gasteiger partial charge in [0.25, 0.3) is 0 Å². The van der Waals surface area contributed by atoms with Crippen LogP contribution in [0.4, 0.5) is 0 Å². The van der Waals surface area contributed by atoms with E-state index >= 15 is 0 Å². The zero-order valence-corrected chi connectivity index (χ0v) is 9.31. The lowest BCUT2D eigenvalue weighted by Gasteiger charge is -2.14. The van der Waals surface area contributed by atoms with Crippen LogP contribution in [0.15, 0.2) is 6.07 Å². The number of nitrogens with two attached hydrogens (primary N) is 1. The minimum absolute atomic E-state index is 0.333. The molecule has 0 aliphatic carbocycles. The second-order valence-corrected chi connectivity index (χ2v) is 3.30. The van der Waals surface area contributed by atoms with Crippen molar-refractivity contribution in [3.8, 4) is 11.5 Å². The van der Waals surface area contributed by atoms with Crippen LogP contribution in [0.1, 0.15) is 11.1 Å². The smallest absolute Gasteiger partial charge is 0.166 e. The molecule has 0 aliphatic heterocycles. The standard InChI is InChI=1S/C10H14ClNO2/c1-6-4-8(13-2)10(14-3)7(5-12)9(6)11/h4H,5,12H2,1-3H3. The van der Waals surface area contributed by atoms with Gasteiger partial charge >= 0.3 is 0 Å². The lowest BCUT2D eigenvalue weighted by atomic mass is 10.1. The summed E-state index contributed by atoms with van der Waals surface area (Å²) in [7, 11) is 3.16. The van der Waals surface area contributed by atoms with Gasteiger partial charge in [-0.15, -0.1) is 0 Å². The molecule has 0 amide bonds. The lowest BCUT2D eigenvalue weighted by molar-refractivity contribution is 0.351. The first-order chi connectivity index (χ1) is 6.65. The minimum atomic E-state index is 0.333. The van der Waals surface area contributed by atoms with Crippen molar-refractivity contribution in [1.29, 1.82) is 0 Å². The number of benzene rings is 1. The molecule has 14 heavy (non-hydrogen) atoms. The molecule has 2 N–H and O–H groups in total. The SMILES string of the molecule is COc1cc(C)c(Cl)c(CN)c1OC. The fourth-order valence-electron chi connectivity index (χ4n) is 1.37. The molecule has 0 atom stereocenters. The molecule has 1 aromatic rings. The molecule has 0 aromatic heterocycles. The molecule has 0 unspecified atom stereocenters. The van der Waals surface area contributed by atoms with Crippen molar-refractivity contribution in [2.24, 2.45) is 5.73 Å². The van der Waals surface area contributed by atoms with E-state index in [1.54, 1.807) is 14.2 Å². The highest BCUT2D eigenvalue weighted by Crippen LogP contribution is 2.37. The van der Waals surface area contributed by atoms with E-state index in [0.29, 0.717) is 23.1 Å². The van der Waals surface area contributed by atoms with Gasteiger partial charge in [0.1, 0.15) is 0 Å². The molecule has 3 nitrogen and oxygen atoms in total. The molecule has 0 bridgehead atoms. The Balaban J connectivity index is 3.42. The molecular weight excluding hydrogens is 202 g/mol. The largest absolute Gasteiger partial charge is 0.493 e. The molecule has 0 saturated heterocycles. The van der Waals surface area contributed by atoms with E-state index in [2.05, 4.69) is 0 Å². The first kappa shape index (κ1) is 11.1. The number of halogens is 1. The topological polar surface area (TPSA) is 44.5 Å². The molecule has 0 saturated carbocycles. The van der Waals surface area contributed by atoms with Gasteiger partial charge < -0.3 is 15.2 Å². The molecule has 0 spiro atoms. The maximum Gasteiger partial charge on any atom is 0.166 e. The van der Waals surface area contributed by atoms with Gasteiger partial charge in [-0.1, -0.05) is 11.6 Å². The van der Waals surface area contributed by atoms with Crippen LogP contribution in [0.25, 0.3) is 0 Å². The van der Waals surface area contributed by atoms with Crippen molar-refractivity contribution in [3.63, 3.8) is 0 Å². The minimum Gasteiger partial charge on any atom is -0.493 e. The average Bonchev–Trinajstić information content (AvgIpc) is 2.20. The summed E-state index contributed by atoms with van der Waals surface area (Å²) in [5.74, 6) is 1.28. The Kier molecular flexibility index (Phi) is 3.61. The summed E-state index contributed by atoms with van der Waals surface area (Å²) in [6.45, 7) is 2.24. The Hall–Kier alpha value is -0.930. The van der Waals surface area contributed by atoms with Crippen molar-refractivity contribution in [3.05, 3.63) is 22.2 Å². The van der Waals surface area contributed by atoms with E-state index in [9.17, 15) is 0 Å². The van der Waals surface area contributed by atoms with Crippen LogP contribution in [0.3, 0.4) is 0 Å². The van der Waals surface area contributed by atoms with Gasteiger partial charge in [-0.3, -0.25) is 0 Å². The van der Waals surface area contributed by atoms with Gasteiger partial charge in [0, 0.05) is 12.1 Å². The van der Waals surface area contributed by atoms with Gasteiger partial charge in [-0.05, 0) is 18.6 Å². The van der Waals surface area contributed by atoms with Gasteiger partial charge in [0.2, 0.25) is 0 Å². The van der Waals surface area contributed by atoms with E-state index in [1.807, 2.05) is 13.0 Å². The average molecular weight is 216 g/mol. The number of ether oxygens (including phenoxy) is 2. The molecule has 1 aromatic carbocycles. The van der Waals surface area contributed by atoms with E-state index in [1.165, 1.54) is 0 Å². The van der Waals surface area contributed by atoms with E-state index in [4.69, 9.17) is 26.8 Å². The summed E-state index contributed by atoms with van der Waals surface area (Å²) in [5.41, 5.74) is 7.32.